The molecular weight excluding hydrogens is 351 g/mol. The third kappa shape index (κ3) is 4.62. The first-order valence-corrected chi connectivity index (χ1v) is 9.97. The van der Waals surface area contributed by atoms with Crippen LogP contribution >= 0.6 is 23.2 Å². The Labute approximate surface area is 161 Å². The number of unbranched alkanes of at least 4 members (excludes halogenated alkanes) is 4. The molecule has 0 saturated carbocycles. The molecule has 2 aromatic rings. The van der Waals surface area contributed by atoms with Crippen molar-refractivity contribution in [2.45, 2.75) is 45.6 Å². The van der Waals surface area contributed by atoms with Crippen molar-refractivity contribution in [1.82, 2.24) is 9.80 Å². The van der Waals surface area contributed by atoms with E-state index in [1.54, 1.807) is 0 Å². The maximum absolute atomic E-state index is 6.49. The van der Waals surface area contributed by atoms with E-state index < -0.39 is 0 Å². The van der Waals surface area contributed by atoms with Gasteiger partial charge in [-0.3, -0.25) is 0 Å². The second-order valence-electron chi connectivity index (χ2n) is 6.78. The molecule has 0 spiro atoms. The van der Waals surface area contributed by atoms with Crippen LogP contribution in [0.3, 0.4) is 0 Å². The zero-order valence-corrected chi connectivity index (χ0v) is 16.4. The third-order valence-corrected chi connectivity index (χ3v) is 5.72. The Kier molecular flexibility index (Phi) is 6.50. The lowest BCUT2D eigenvalue weighted by atomic mass is 10.1. The predicted molar refractivity (Wildman–Crippen MR) is 109 cm³/mol. The second-order valence-corrected chi connectivity index (χ2v) is 7.50. The van der Waals surface area contributed by atoms with Crippen molar-refractivity contribution < 1.29 is 0 Å². The van der Waals surface area contributed by atoms with Crippen LogP contribution in [-0.4, -0.2) is 23.0 Å². The summed E-state index contributed by atoms with van der Waals surface area (Å²) < 4.78 is 0. The van der Waals surface area contributed by atoms with Gasteiger partial charge in [0.25, 0.3) is 0 Å². The van der Waals surface area contributed by atoms with Crippen LogP contribution in [-0.2, 0) is 6.54 Å². The molecule has 0 N–H and O–H groups in total. The molecule has 0 bridgehead atoms. The first-order valence-electron chi connectivity index (χ1n) is 9.22. The third-order valence-electron chi connectivity index (χ3n) is 4.79. The molecule has 1 aliphatic rings. The number of rotatable bonds is 8. The van der Waals surface area contributed by atoms with Gasteiger partial charge in [-0.25, -0.2) is 0 Å². The van der Waals surface area contributed by atoms with E-state index in [1.165, 1.54) is 48.4 Å². The van der Waals surface area contributed by atoms with Gasteiger partial charge in [0, 0.05) is 13.1 Å². The molecule has 0 radical (unpaired) electrons. The standard InChI is InChI=1S/C21H26Cl2N2/c1-2-3-4-5-8-13-24-16-25(21(23)20(24)22)15-17-11-12-18-9-6-7-10-19(18)14-17/h6-7,9-12,14H,2-5,8,13,15-16H2,1H3. The van der Waals surface area contributed by atoms with Crippen LogP contribution in [0, 0.1) is 0 Å². The largest absolute Gasteiger partial charge is 0.342 e. The first kappa shape index (κ1) is 18.4. The van der Waals surface area contributed by atoms with E-state index in [0.29, 0.717) is 10.3 Å². The lowest BCUT2D eigenvalue weighted by Crippen LogP contribution is -2.27. The summed E-state index contributed by atoms with van der Waals surface area (Å²) in [6.07, 6.45) is 6.33. The first-order chi connectivity index (χ1) is 12.2. The van der Waals surface area contributed by atoms with Crippen molar-refractivity contribution in [2.75, 3.05) is 13.2 Å². The molecule has 0 amide bonds. The highest BCUT2D eigenvalue weighted by atomic mass is 35.5. The molecule has 2 aromatic carbocycles. The van der Waals surface area contributed by atoms with E-state index in [2.05, 4.69) is 59.2 Å². The minimum absolute atomic E-state index is 0.670. The predicted octanol–water partition coefficient (Wildman–Crippen LogP) is 6.49. The summed E-state index contributed by atoms with van der Waals surface area (Å²) in [5, 5.41) is 3.89. The molecule has 25 heavy (non-hydrogen) atoms. The van der Waals surface area contributed by atoms with Crippen LogP contribution in [0.15, 0.2) is 52.8 Å². The topological polar surface area (TPSA) is 6.48 Å². The van der Waals surface area contributed by atoms with Gasteiger partial charge in [0.1, 0.15) is 10.3 Å². The molecule has 0 saturated heterocycles. The highest BCUT2D eigenvalue weighted by molar-refractivity contribution is 6.38. The highest BCUT2D eigenvalue weighted by Crippen LogP contribution is 2.31. The summed E-state index contributed by atoms with van der Waals surface area (Å²) in [7, 11) is 0. The second kappa shape index (κ2) is 8.82. The van der Waals surface area contributed by atoms with Crippen molar-refractivity contribution >= 4 is 34.0 Å². The van der Waals surface area contributed by atoms with E-state index in [-0.39, 0.29) is 0 Å². The van der Waals surface area contributed by atoms with Crippen LogP contribution in [0.25, 0.3) is 10.8 Å². The van der Waals surface area contributed by atoms with Gasteiger partial charge in [-0.15, -0.1) is 0 Å². The van der Waals surface area contributed by atoms with Crippen molar-refractivity contribution in [3.05, 3.63) is 58.3 Å². The summed E-state index contributed by atoms with van der Waals surface area (Å²) in [5.74, 6) is 0. The molecule has 1 heterocycles. The summed E-state index contributed by atoms with van der Waals surface area (Å²) in [5.41, 5.74) is 1.26. The van der Waals surface area contributed by atoms with Gasteiger partial charge in [0.05, 0.1) is 6.67 Å². The SMILES string of the molecule is CCCCCCCN1CN(Cc2ccc3ccccc3c2)C(Cl)=C1Cl. The molecule has 0 fully saturated rings. The smallest absolute Gasteiger partial charge is 0.142 e. The molecule has 0 aliphatic carbocycles. The number of halogens is 2. The Morgan fingerprint density at radius 1 is 0.840 bits per heavy atom. The molecule has 0 atom stereocenters. The van der Waals surface area contributed by atoms with Gasteiger partial charge in [-0.05, 0) is 28.8 Å². The Morgan fingerprint density at radius 2 is 1.56 bits per heavy atom. The fourth-order valence-electron chi connectivity index (χ4n) is 3.34. The summed E-state index contributed by atoms with van der Waals surface area (Å²) in [4.78, 5) is 4.34. The Morgan fingerprint density at radius 3 is 2.36 bits per heavy atom. The average Bonchev–Trinajstić information content (AvgIpc) is 2.89. The Bertz CT molecular complexity index is 742. The molecule has 134 valence electrons. The van der Waals surface area contributed by atoms with Crippen molar-refractivity contribution in [3.8, 4) is 0 Å². The van der Waals surface area contributed by atoms with Crippen molar-refractivity contribution in [1.29, 1.82) is 0 Å². The summed E-state index contributed by atoms with van der Waals surface area (Å²) in [6, 6.07) is 15.0. The Hall–Kier alpha value is -1.38. The normalized spacial score (nSPS) is 14.8. The van der Waals surface area contributed by atoms with E-state index in [9.17, 15) is 0 Å². The average molecular weight is 377 g/mol. The molecule has 0 unspecified atom stereocenters. The van der Waals surface area contributed by atoms with Crippen LogP contribution in [0.2, 0.25) is 0 Å². The van der Waals surface area contributed by atoms with E-state index in [1.807, 2.05) is 0 Å². The Balaban J connectivity index is 1.59. The van der Waals surface area contributed by atoms with Gasteiger partial charge in [0.2, 0.25) is 0 Å². The van der Waals surface area contributed by atoms with E-state index in [0.717, 1.165) is 19.8 Å². The fourth-order valence-corrected chi connectivity index (χ4v) is 3.83. The minimum atomic E-state index is 0.670. The number of fused-ring (bicyclic) bond motifs is 1. The van der Waals surface area contributed by atoms with Gasteiger partial charge in [0.15, 0.2) is 0 Å². The maximum Gasteiger partial charge on any atom is 0.142 e. The molecular formula is C21H26Cl2N2. The highest BCUT2D eigenvalue weighted by Gasteiger charge is 2.26. The number of benzene rings is 2. The fraction of sp³-hybridized carbons (Fsp3) is 0.429. The lowest BCUT2D eigenvalue weighted by Gasteiger charge is -2.22. The van der Waals surface area contributed by atoms with Gasteiger partial charge >= 0.3 is 0 Å². The zero-order chi connectivity index (χ0) is 17.6. The minimum Gasteiger partial charge on any atom is -0.342 e. The molecule has 2 nitrogen and oxygen atoms in total. The molecule has 3 rings (SSSR count). The molecule has 1 aliphatic heterocycles. The van der Waals surface area contributed by atoms with Gasteiger partial charge < -0.3 is 9.80 Å². The maximum atomic E-state index is 6.49. The lowest BCUT2D eigenvalue weighted by molar-refractivity contribution is 0.249. The number of nitrogens with zero attached hydrogens (tertiary/aromatic N) is 2. The number of hydrogen-bond acceptors (Lipinski definition) is 2. The van der Waals surface area contributed by atoms with Crippen LogP contribution in [0.1, 0.15) is 44.6 Å². The number of hydrogen-bond donors (Lipinski definition) is 0. The van der Waals surface area contributed by atoms with Crippen molar-refractivity contribution in [3.63, 3.8) is 0 Å². The molecule has 4 heteroatoms. The summed E-state index contributed by atoms with van der Waals surface area (Å²) in [6.45, 7) is 4.78. The van der Waals surface area contributed by atoms with Gasteiger partial charge in [-0.2, -0.15) is 0 Å². The quantitative estimate of drug-likeness (QED) is 0.383. The van der Waals surface area contributed by atoms with Crippen molar-refractivity contribution in [2.24, 2.45) is 0 Å². The molecule has 0 aromatic heterocycles. The zero-order valence-electron chi connectivity index (χ0n) is 14.8. The van der Waals surface area contributed by atoms with Crippen LogP contribution in [0.5, 0.6) is 0 Å². The van der Waals surface area contributed by atoms with Crippen LogP contribution in [0.4, 0.5) is 0 Å². The summed E-state index contributed by atoms with van der Waals surface area (Å²) >= 11 is 12.9. The van der Waals surface area contributed by atoms with Gasteiger partial charge in [-0.1, -0.05) is 92.2 Å². The van der Waals surface area contributed by atoms with E-state index >= 15 is 0 Å². The monoisotopic (exact) mass is 376 g/mol. The van der Waals surface area contributed by atoms with Crippen LogP contribution < -0.4 is 0 Å². The van der Waals surface area contributed by atoms with E-state index in [4.69, 9.17) is 23.2 Å².